The monoisotopic (exact) mass is 506 g/mol. The van der Waals surface area contributed by atoms with E-state index < -0.39 is 29.5 Å². The molecule has 3 rings (SSSR count). The highest BCUT2D eigenvalue weighted by Crippen LogP contribution is 2.53. The Morgan fingerprint density at radius 2 is 1.88 bits per heavy atom. The molecule has 2 aromatic carbocycles. The smallest absolute Gasteiger partial charge is 0.413 e. The third-order valence-corrected chi connectivity index (χ3v) is 6.10. The quantitative estimate of drug-likeness (QED) is 0.338. The van der Waals surface area contributed by atoms with Crippen molar-refractivity contribution in [1.82, 2.24) is 0 Å². The number of fused-ring (bicyclic) bond motifs is 1. The van der Waals surface area contributed by atoms with Gasteiger partial charge in [0.05, 0.1) is 20.8 Å². The molecule has 0 saturated heterocycles. The van der Waals surface area contributed by atoms with Crippen LogP contribution in [0.25, 0.3) is 0 Å². The van der Waals surface area contributed by atoms with E-state index in [1.165, 1.54) is 31.3 Å². The molecule has 0 radical (unpaired) electrons. The average Bonchev–Trinajstić information content (AvgIpc) is 3.17. The molecule has 34 heavy (non-hydrogen) atoms. The van der Waals surface area contributed by atoms with Crippen molar-refractivity contribution in [1.29, 1.82) is 0 Å². The van der Waals surface area contributed by atoms with E-state index in [0.717, 1.165) is 0 Å². The Labute approximate surface area is 207 Å². The van der Waals surface area contributed by atoms with Crippen LogP contribution in [-0.4, -0.2) is 45.9 Å². The van der Waals surface area contributed by atoms with Crippen molar-refractivity contribution >= 4 is 52.6 Å². The van der Waals surface area contributed by atoms with Gasteiger partial charge < -0.3 is 19.5 Å². The molecule has 0 aromatic heterocycles. The number of ether oxygens (including phenoxy) is 3. The van der Waals surface area contributed by atoms with Crippen LogP contribution in [0.15, 0.2) is 48.6 Å². The normalized spacial score (nSPS) is 18.7. The second kappa shape index (κ2) is 10.4. The second-order valence-electron chi connectivity index (χ2n) is 7.44. The number of carbonyl (C=O) groups is 3. The van der Waals surface area contributed by atoms with Gasteiger partial charge in [0.1, 0.15) is 0 Å². The molecule has 2 unspecified atom stereocenters. The molecule has 0 aliphatic carbocycles. The minimum Gasteiger partial charge on any atom is -0.466 e. The van der Waals surface area contributed by atoms with E-state index in [4.69, 9.17) is 37.4 Å². The van der Waals surface area contributed by atoms with Gasteiger partial charge in [-0.2, -0.15) is 0 Å². The van der Waals surface area contributed by atoms with Crippen LogP contribution >= 0.6 is 23.2 Å². The lowest BCUT2D eigenvalue weighted by atomic mass is 9.77. The summed E-state index contributed by atoms with van der Waals surface area (Å²) in [6, 6.07) is 9.99. The second-order valence-corrected chi connectivity index (χ2v) is 8.29. The molecule has 0 fully saturated rings. The fraction of sp³-hybridized carbons (Fsp3) is 0.292. The maximum absolute atomic E-state index is 13.6. The van der Waals surface area contributed by atoms with Gasteiger partial charge in [0.2, 0.25) is 0 Å². The molecular formula is C24H24Cl2N2O6. The predicted molar refractivity (Wildman–Crippen MR) is 130 cm³/mol. The van der Waals surface area contributed by atoms with Crippen molar-refractivity contribution in [3.8, 4) is 0 Å². The zero-order valence-corrected chi connectivity index (χ0v) is 20.6. The highest BCUT2D eigenvalue weighted by Gasteiger charge is 2.54. The summed E-state index contributed by atoms with van der Waals surface area (Å²) in [5.41, 5.74) is 0.500. The van der Waals surface area contributed by atoms with Gasteiger partial charge in [0, 0.05) is 46.0 Å². The van der Waals surface area contributed by atoms with Crippen LogP contribution in [0.1, 0.15) is 24.0 Å². The van der Waals surface area contributed by atoms with Crippen molar-refractivity contribution in [3.05, 3.63) is 69.7 Å². The zero-order valence-electron chi connectivity index (χ0n) is 19.1. The zero-order chi connectivity index (χ0) is 25.0. The fourth-order valence-electron chi connectivity index (χ4n) is 3.99. The number of nitrogens with one attached hydrogen (secondary N) is 1. The Kier molecular flexibility index (Phi) is 7.74. The van der Waals surface area contributed by atoms with Gasteiger partial charge in [0.15, 0.2) is 5.54 Å². The highest BCUT2D eigenvalue weighted by molar-refractivity contribution is 6.36. The Bertz CT molecular complexity index is 1150. The topological polar surface area (TPSA) is 94.2 Å². The highest BCUT2D eigenvalue weighted by atomic mass is 35.5. The summed E-state index contributed by atoms with van der Waals surface area (Å²) in [5.74, 6) is -1.98. The lowest BCUT2D eigenvalue weighted by Gasteiger charge is -2.33. The summed E-state index contributed by atoms with van der Waals surface area (Å²) in [7, 11) is 4.08. The summed E-state index contributed by atoms with van der Waals surface area (Å²) >= 11 is 12.8. The van der Waals surface area contributed by atoms with Crippen molar-refractivity contribution < 1.29 is 28.6 Å². The molecule has 2 atom stereocenters. The van der Waals surface area contributed by atoms with Crippen LogP contribution < -0.4 is 10.2 Å². The van der Waals surface area contributed by atoms with Crippen LogP contribution in [-0.2, 0) is 29.3 Å². The van der Waals surface area contributed by atoms with E-state index in [9.17, 15) is 14.4 Å². The minimum absolute atomic E-state index is 0.113. The van der Waals surface area contributed by atoms with Gasteiger partial charge >= 0.3 is 18.0 Å². The summed E-state index contributed by atoms with van der Waals surface area (Å²) in [6.45, 7) is 1.81. The van der Waals surface area contributed by atoms with E-state index in [2.05, 4.69) is 5.32 Å². The van der Waals surface area contributed by atoms with Gasteiger partial charge in [-0.25, -0.2) is 14.4 Å². The Balaban J connectivity index is 2.29. The summed E-state index contributed by atoms with van der Waals surface area (Å²) < 4.78 is 15.0. The Hall–Kier alpha value is -3.23. The van der Waals surface area contributed by atoms with E-state index in [1.807, 2.05) is 0 Å². The largest absolute Gasteiger partial charge is 0.466 e. The maximum atomic E-state index is 13.6. The number of methoxy groups -OCH3 is 2. The number of anilines is 2. The summed E-state index contributed by atoms with van der Waals surface area (Å²) in [6.07, 6.45) is 2.19. The first-order valence-corrected chi connectivity index (χ1v) is 11.1. The Morgan fingerprint density at radius 3 is 2.53 bits per heavy atom. The third-order valence-electron chi connectivity index (χ3n) is 5.56. The standard InChI is InChI=1S/C24H24Cl2N2O6/c1-5-34-22(30)24(14-7-6-8-16(11-14)28(2)23(31)33-4)17(9-10-20(29)32-3)21-18(26)12-15(25)13-19(21)27-24/h6-13,17,27H,5H2,1-4H3. The maximum Gasteiger partial charge on any atom is 0.413 e. The molecule has 1 N–H and O–H groups in total. The predicted octanol–water partition coefficient (Wildman–Crippen LogP) is 4.89. The number of hydrogen-bond donors (Lipinski definition) is 1. The average molecular weight is 507 g/mol. The number of halogens is 2. The van der Waals surface area contributed by atoms with Gasteiger partial charge in [-0.05, 0) is 36.8 Å². The van der Waals surface area contributed by atoms with Crippen molar-refractivity contribution in [2.24, 2.45) is 0 Å². The van der Waals surface area contributed by atoms with Gasteiger partial charge in [0.25, 0.3) is 0 Å². The number of amides is 1. The molecule has 1 aliphatic heterocycles. The molecule has 10 heteroatoms. The molecule has 0 saturated carbocycles. The minimum atomic E-state index is -1.52. The number of nitrogens with zero attached hydrogens (tertiary/aromatic N) is 1. The van der Waals surface area contributed by atoms with E-state index in [0.29, 0.717) is 32.5 Å². The number of hydrogen-bond acceptors (Lipinski definition) is 7. The number of benzene rings is 2. The van der Waals surface area contributed by atoms with Crippen LogP contribution in [0.3, 0.4) is 0 Å². The first kappa shape index (κ1) is 25.4. The van der Waals surface area contributed by atoms with E-state index >= 15 is 0 Å². The van der Waals surface area contributed by atoms with Crippen molar-refractivity contribution in [2.75, 3.05) is 38.1 Å². The first-order chi connectivity index (χ1) is 16.2. The molecule has 180 valence electrons. The van der Waals surface area contributed by atoms with E-state index in [1.54, 1.807) is 50.4 Å². The molecule has 8 nitrogen and oxygen atoms in total. The van der Waals surface area contributed by atoms with Crippen molar-refractivity contribution in [2.45, 2.75) is 18.4 Å². The molecular weight excluding hydrogens is 483 g/mol. The lowest BCUT2D eigenvalue weighted by molar-refractivity contribution is -0.149. The SMILES string of the molecule is CCOC(=O)C1(c2cccc(N(C)C(=O)OC)c2)Nc2cc(Cl)cc(Cl)c2C1C=CC(=O)OC. The van der Waals surface area contributed by atoms with Crippen LogP contribution in [0.5, 0.6) is 0 Å². The molecule has 0 bridgehead atoms. The van der Waals surface area contributed by atoms with Gasteiger partial charge in [-0.3, -0.25) is 4.90 Å². The number of esters is 2. The summed E-state index contributed by atoms with van der Waals surface area (Å²) in [5, 5.41) is 3.93. The molecule has 1 aliphatic rings. The number of carbonyl (C=O) groups excluding carboxylic acids is 3. The van der Waals surface area contributed by atoms with Gasteiger partial charge in [-0.15, -0.1) is 0 Å². The molecule has 2 aromatic rings. The molecule has 1 amide bonds. The van der Waals surface area contributed by atoms with E-state index in [-0.39, 0.29) is 6.61 Å². The van der Waals surface area contributed by atoms with Crippen LogP contribution in [0.2, 0.25) is 10.0 Å². The number of rotatable bonds is 6. The molecule has 0 spiro atoms. The lowest BCUT2D eigenvalue weighted by Crippen LogP contribution is -2.46. The van der Waals surface area contributed by atoms with Crippen LogP contribution in [0.4, 0.5) is 16.2 Å². The first-order valence-electron chi connectivity index (χ1n) is 10.3. The Morgan fingerprint density at radius 1 is 1.15 bits per heavy atom. The molecule has 1 heterocycles. The summed E-state index contributed by atoms with van der Waals surface area (Å²) in [4.78, 5) is 39.0. The van der Waals surface area contributed by atoms with Crippen LogP contribution in [0, 0.1) is 0 Å². The third kappa shape index (κ3) is 4.56. The fourth-order valence-corrected chi connectivity index (χ4v) is 4.60. The van der Waals surface area contributed by atoms with Gasteiger partial charge in [-0.1, -0.05) is 41.4 Å². The van der Waals surface area contributed by atoms with Crippen molar-refractivity contribution in [3.63, 3.8) is 0 Å².